The van der Waals surface area contributed by atoms with Crippen LogP contribution in [0.2, 0.25) is 0 Å². The van der Waals surface area contributed by atoms with Crippen LogP contribution in [0, 0.1) is 0 Å². The maximum atomic E-state index is 6.78. The van der Waals surface area contributed by atoms with E-state index < -0.39 is 5.41 Å². The number of aromatic nitrogens is 3. The molecule has 1 unspecified atom stereocenters. The quantitative estimate of drug-likeness (QED) is 0.175. The van der Waals surface area contributed by atoms with Gasteiger partial charge in [0.25, 0.3) is 0 Å². The average Bonchev–Trinajstić information content (AvgIpc) is 3.63. The van der Waals surface area contributed by atoms with Gasteiger partial charge in [-0.3, -0.25) is 0 Å². The Labute approximate surface area is 348 Å². The SMILES string of the molecule is c1ccc(-c2nc(-c3ccccc3)nc(-c3cccc(-c4cccc(-c5ccc6c(c5)C5(c7ccccc7O6)c6ccccc6-c6c5ccc5ccccc65)c4)c3)n2)cc1. The van der Waals surface area contributed by atoms with Crippen LogP contribution in [-0.2, 0) is 5.41 Å². The molecule has 4 heteroatoms. The first-order valence-corrected chi connectivity index (χ1v) is 20.3. The highest BCUT2D eigenvalue weighted by molar-refractivity contribution is 6.04. The molecule has 2 aliphatic rings. The van der Waals surface area contributed by atoms with E-state index in [1.54, 1.807) is 0 Å². The molecule has 1 spiro atoms. The molecule has 1 atom stereocenters. The first kappa shape index (κ1) is 34.1. The van der Waals surface area contributed by atoms with E-state index in [1.165, 1.54) is 33.0 Å². The molecule has 0 N–H and O–H groups in total. The van der Waals surface area contributed by atoms with Crippen molar-refractivity contribution < 1.29 is 4.74 Å². The lowest BCUT2D eigenvalue weighted by atomic mass is 9.65. The number of ether oxygens (including phenoxy) is 1. The predicted molar refractivity (Wildman–Crippen MR) is 242 cm³/mol. The molecular formula is C56H35N3O. The van der Waals surface area contributed by atoms with Crippen molar-refractivity contribution in [2.24, 2.45) is 0 Å². The van der Waals surface area contributed by atoms with Crippen LogP contribution >= 0.6 is 0 Å². The second-order valence-corrected chi connectivity index (χ2v) is 15.5. The summed E-state index contributed by atoms with van der Waals surface area (Å²) >= 11 is 0. The van der Waals surface area contributed by atoms with Gasteiger partial charge in [0.2, 0.25) is 0 Å². The molecule has 10 aromatic rings. The fourth-order valence-corrected chi connectivity index (χ4v) is 9.50. The second-order valence-electron chi connectivity index (χ2n) is 15.5. The lowest BCUT2D eigenvalue weighted by Crippen LogP contribution is -2.32. The van der Waals surface area contributed by atoms with Crippen LogP contribution in [0.25, 0.3) is 78.3 Å². The van der Waals surface area contributed by atoms with Crippen LogP contribution in [-0.4, -0.2) is 15.0 Å². The molecule has 1 aliphatic heterocycles. The maximum Gasteiger partial charge on any atom is 0.164 e. The van der Waals surface area contributed by atoms with E-state index in [2.05, 4.69) is 152 Å². The van der Waals surface area contributed by atoms with Gasteiger partial charge in [0, 0.05) is 27.8 Å². The van der Waals surface area contributed by atoms with E-state index in [0.717, 1.165) is 61.6 Å². The van der Waals surface area contributed by atoms with Gasteiger partial charge in [-0.05, 0) is 85.6 Å². The Morgan fingerprint density at radius 1 is 0.317 bits per heavy atom. The van der Waals surface area contributed by atoms with Gasteiger partial charge in [-0.25, -0.2) is 15.0 Å². The number of hydrogen-bond acceptors (Lipinski definition) is 4. The molecule has 60 heavy (non-hydrogen) atoms. The molecule has 4 nitrogen and oxygen atoms in total. The molecule has 0 saturated carbocycles. The van der Waals surface area contributed by atoms with E-state index in [4.69, 9.17) is 19.7 Å². The number of nitrogens with zero attached hydrogens (tertiary/aromatic N) is 3. The Hall–Kier alpha value is -7.95. The molecule has 2 heterocycles. The summed E-state index contributed by atoms with van der Waals surface area (Å²) in [5.74, 6) is 3.68. The van der Waals surface area contributed by atoms with E-state index in [-0.39, 0.29) is 0 Å². The first-order chi connectivity index (χ1) is 29.7. The minimum Gasteiger partial charge on any atom is -0.457 e. The molecule has 12 rings (SSSR count). The number of benzene rings is 9. The summed E-state index contributed by atoms with van der Waals surface area (Å²) in [6.07, 6.45) is 0. The van der Waals surface area contributed by atoms with Gasteiger partial charge in [0.15, 0.2) is 17.5 Å². The second kappa shape index (κ2) is 13.6. The number of rotatable bonds is 5. The first-order valence-electron chi connectivity index (χ1n) is 20.3. The van der Waals surface area contributed by atoms with Gasteiger partial charge in [-0.2, -0.15) is 0 Å². The highest BCUT2D eigenvalue weighted by Crippen LogP contribution is 2.63. The molecule has 0 fully saturated rings. The van der Waals surface area contributed by atoms with E-state index in [0.29, 0.717) is 17.5 Å². The largest absolute Gasteiger partial charge is 0.457 e. The van der Waals surface area contributed by atoms with Crippen molar-refractivity contribution in [1.29, 1.82) is 0 Å². The van der Waals surface area contributed by atoms with E-state index in [9.17, 15) is 0 Å². The zero-order valence-electron chi connectivity index (χ0n) is 32.5. The monoisotopic (exact) mass is 765 g/mol. The molecule has 0 amide bonds. The molecular weight excluding hydrogens is 731 g/mol. The van der Waals surface area contributed by atoms with Gasteiger partial charge in [-0.15, -0.1) is 0 Å². The number of hydrogen-bond donors (Lipinski definition) is 0. The Bertz CT molecular complexity index is 3250. The van der Waals surface area contributed by atoms with Gasteiger partial charge < -0.3 is 4.74 Å². The third-order valence-corrected chi connectivity index (χ3v) is 12.2. The summed E-state index contributed by atoms with van der Waals surface area (Å²) in [6, 6.07) is 75.1. The molecule has 0 radical (unpaired) electrons. The van der Waals surface area contributed by atoms with Gasteiger partial charge >= 0.3 is 0 Å². The van der Waals surface area contributed by atoms with E-state index >= 15 is 0 Å². The lowest BCUT2D eigenvalue weighted by molar-refractivity contribution is 0.436. The standard InChI is InChI=1S/C56H35N3O/c1-3-16-37(17-4-1)53-57-54(38-18-5-2-6-19-38)59-55(58-53)43-23-14-22-41(34-43)39-20-13-21-40(33-39)42-30-32-51-49(35-42)56(47-27-11-12-28-50(47)60-51)46-26-10-9-25-45(46)52-44-24-8-7-15-36(44)29-31-48(52)56/h1-35H. The molecule has 9 aromatic carbocycles. The lowest BCUT2D eigenvalue weighted by Gasteiger charge is -2.39. The normalized spacial score (nSPS) is 14.5. The average molecular weight is 766 g/mol. The van der Waals surface area contributed by atoms with Crippen molar-refractivity contribution in [1.82, 2.24) is 15.0 Å². The molecule has 1 aromatic heterocycles. The summed E-state index contributed by atoms with van der Waals surface area (Å²) in [4.78, 5) is 14.9. The molecule has 280 valence electrons. The molecule has 0 saturated heterocycles. The smallest absolute Gasteiger partial charge is 0.164 e. The minimum absolute atomic E-state index is 0.566. The van der Waals surface area contributed by atoms with Gasteiger partial charge in [-0.1, -0.05) is 182 Å². The highest BCUT2D eigenvalue weighted by Gasteiger charge is 2.51. The third kappa shape index (κ3) is 5.28. The fourth-order valence-electron chi connectivity index (χ4n) is 9.50. The zero-order valence-corrected chi connectivity index (χ0v) is 32.5. The van der Waals surface area contributed by atoms with Crippen molar-refractivity contribution in [3.8, 4) is 79.0 Å². The Kier molecular flexibility index (Phi) is 7.72. The topological polar surface area (TPSA) is 47.9 Å². The highest BCUT2D eigenvalue weighted by atomic mass is 16.5. The zero-order chi connectivity index (χ0) is 39.6. The number of fused-ring (bicyclic) bond motifs is 11. The summed E-state index contributed by atoms with van der Waals surface area (Å²) in [7, 11) is 0. The van der Waals surface area contributed by atoms with Crippen molar-refractivity contribution in [2.75, 3.05) is 0 Å². The Balaban J connectivity index is 0.991. The summed E-state index contributed by atoms with van der Waals surface area (Å²) in [5, 5.41) is 2.50. The fraction of sp³-hybridized carbons (Fsp3) is 0.0179. The van der Waals surface area contributed by atoms with Crippen LogP contribution in [0.1, 0.15) is 22.3 Å². The minimum atomic E-state index is -0.566. The summed E-state index contributed by atoms with van der Waals surface area (Å²) in [6.45, 7) is 0. The van der Waals surface area contributed by atoms with Crippen LogP contribution in [0.3, 0.4) is 0 Å². The molecule has 1 aliphatic carbocycles. The third-order valence-electron chi connectivity index (χ3n) is 12.2. The van der Waals surface area contributed by atoms with Crippen molar-refractivity contribution in [2.45, 2.75) is 5.41 Å². The Morgan fingerprint density at radius 3 is 1.55 bits per heavy atom. The predicted octanol–water partition coefficient (Wildman–Crippen LogP) is 13.8. The Morgan fingerprint density at radius 2 is 0.833 bits per heavy atom. The maximum absolute atomic E-state index is 6.78. The van der Waals surface area contributed by atoms with E-state index in [1.807, 2.05) is 60.7 Å². The van der Waals surface area contributed by atoms with Crippen LogP contribution in [0.15, 0.2) is 212 Å². The number of para-hydroxylation sites is 1. The van der Waals surface area contributed by atoms with Crippen LogP contribution in [0.4, 0.5) is 0 Å². The summed E-state index contributed by atoms with van der Waals surface area (Å²) < 4.78 is 6.78. The van der Waals surface area contributed by atoms with Gasteiger partial charge in [0.05, 0.1) is 5.41 Å². The van der Waals surface area contributed by atoms with Crippen LogP contribution in [0.5, 0.6) is 11.5 Å². The summed E-state index contributed by atoms with van der Waals surface area (Å²) in [5.41, 5.74) is 14.1. The molecule has 0 bridgehead atoms. The van der Waals surface area contributed by atoms with Gasteiger partial charge in [0.1, 0.15) is 11.5 Å². The van der Waals surface area contributed by atoms with Crippen molar-refractivity contribution in [3.05, 3.63) is 235 Å². The van der Waals surface area contributed by atoms with Crippen LogP contribution < -0.4 is 4.74 Å². The van der Waals surface area contributed by atoms with Crippen molar-refractivity contribution >= 4 is 10.8 Å². The van der Waals surface area contributed by atoms with Crippen molar-refractivity contribution in [3.63, 3.8) is 0 Å².